The molecule has 0 fully saturated rings. The van der Waals surface area contributed by atoms with Crippen molar-refractivity contribution < 1.29 is 45.4 Å². The molecule has 0 aromatic heterocycles. The average molecular weight is 553 g/mol. The van der Waals surface area contributed by atoms with Gasteiger partial charge >= 0.3 is 18.4 Å². The van der Waals surface area contributed by atoms with Gasteiger partial charge in [0.2, 0.25) is 0 Å². The largest absolute Gasteiger partial charge is 0.445 e. The summed E-state index contributed by atoms with van der Waals surface area (Å²) in [4.78, 5) is 24.4. The van der Waals surface area contributed by atoms with Gasteiger partial charge in [-0.1, -0.05) is 60.7 Å². The molecule has 3 rings (SSSR count). The lowest BCUT2D eigenvalue weighted by atomic mass is 9.87. The summed E-state index contributed by atoms with van der Waals surface area (Å²) in [5.74, 6) is 0. The Balaban J connectivity index is 1.89. The molecule has 39 heavy (non-hydrogen) atoms. The van der Waals surface area contributed by atoms with E-state index >= 15 is 0 Å². The highest BCUT2D eigenvalue weighted by Gasteiger charge is 2.39. The SMILES string of the molecule is C[C@@H](OC[C@@](CC=O)(NC(=O)OCc1ccccc1)c1ccccc1)c1cc(C(F)(F)F)cc(C(F)(F)F)c1. The molecule has 5 nitrogen and oxygen atoms in total. The lowest BCUT2D eigenvalue weighted by molar-refractivity contribution is -0.143. The van der Waals surface area contributed by atoms with Crippen LogP contribution in [0.3, 0.4) is 0 Å². The fourth-order valence-electron chi connectivity index (χ4n) is 3.85. The number of carbonyl (C=O) groups excluding carboxylic acids is 2. The fourth-order valence-corrected chi connectivity index (χ4v) is 3.85. The van der Waals surface area contributed by atoms with Crippen LogP contribution in [-0.2, 0) is 38.8 Å². The number of aldehydes is 1. The molecule has 11 heteroatoms. The van der Waals surface area contributed by atoms with Crippen LogP contribution >= 0.6 is 0 Å². The standard InChI is InChI=1S/C28H25F6NO4/c1-19(21-14-23(27(29,30)31)16-24(15-21)28(32,33)34)39-18-26(12-13-36,22-10-6-3-7-11-22)35-25(37)38-17-20-8-4-2-5-9-20/h2-11,13-16,19H,12,17-18H2,1H3,(H,35,37)/t19-,26-/m1/s1. The van der Waals surface area contributed by atoms with Gasteiger partial charge in [0.25, 0.3) is 0 Å². The van der Waals surface area contributed by atoms with E-state index in [1.165, 1.54) is 6.92 Å². The predicted molar refractivity (Wildman–Crippen MR) is 129 cm³/mol. The first kappa shape index (κ1) is 29.7. The molecular weight excluding hydrogens is 528 g/mol. The number of hydrogen-bond donors (Lipinski definition) is 1. The van der Waals surface area contributed by atoms with Crippen LogP contribution in [0.4, 0.5) is 31.1 Å². The van der Waals surface area contributed by atoms with Crippen molar-refractivity contribution in [2.45, 2.75) is 43.9 Å². The number of halogens is 6. The Morgan fingerprint density at radius 2 is 1.38 bits per heavy atom. The van der Waals surface area contributed by atoms with Crippen molar-refractivity contribution in [1.82, 2.24) is 5.32 Å². The molecule has 0 saturated heterocycles. The maximum absolute atomic E-state index is 13.3. The number of nitrogens with one attached hydrogen (secondary N) is 1. The lowest BCUT2D eigenvalue weighted by Crippen LogP contribution is -2.50. The number of benzene rings is 3. The molecule has 0 aliphatic heterocycles. The Morgan fingerprint density at radius 1 is 0.846 bits per heavy atom. The highest BCUT2D eigenvalue weighted by atomic mass is 19.4. The van der Waals surface area contributed by atoms with E-state index in [0.29, 0.717) is 29.5 Å². The summed E-state index contributed by atoms with van der Waals surface area (Å²) in [5.41, 5.74) is -3.75. The van der Waals surface area contributed by atoms with Gasteiger partial charge in [-0.05, 0) is 41.8 Å². The van der Waals surface area contributed by atoms with Gasteiger partial charge in [0.05, 0.1) is 29.4 Å². The Morgan fingerprint density at radius 3 is 1.90 bits per heavy atom. The van der Waals surface area contributed by atoms with Crippen LogP contribution in [0.2, 0.25) is 0 Å². The quantitative estimate of drug-likeness (QED) is 0.213. The highest BCUT2D eigenvalue weighted by Crippen LogP contribution is 2.38. The van der Waals surface area contributed by atoms with Gasteiger partial charge in [0.1, 0.15) is 12.9 Å². The minimum atomic E-state index is -5.02. The summed E-state index contributed by atoms with van der Waals surface area (Å²) in [7, 11) is 0. The summed E-state index contributed by atoms with van der Waals surface area (Å²) >= 11 is 0. The molecule has 0 bridgehead atoms. The van der Waals surface area contributed by atoms with E-state index in [-0.39, 0.29) is 24.7 Å². The minimum absolute atomic E-state index is 0.0289. The maximum atomic E-state index is 13.3. The van der Waals surface area contributed by atoms with E-state index < -0.39 is 47.8 Å². The zero-order valence-electron chi connectivity index (χ0n) is 20.7. The molecule has 0 aliphatic carbocycles. The average Bonchev–Trinajstić information content (AvgIpc) is 2.90. The molecule has 0 spiro atoms. The van der Waals surface area contributed by atoms with Crippen LogP contribution in [0.5, 0.6) is 0 Å². The summed E-state index contributed by atoms with van der Waals surface area (Å²) in [6.45, 7) is 0.731. The number of amides is 1. The van der Waals surface area contributed by atoms with Crippen molar-refractivity contribution >= 4 is 12.4 Å². The molecule has 0 aliphatic rings. The lowest BCUT2D eigenvalue weighted by Gasteiger charge is -2.34. The van der Waals surface area contributed by atoms with Crippen LogP contribution in [-0.4, -0.2) is 19.0 Å². The number of hydrogen-bond acceptors (Lipinski definition) is 4. The van der Waals surface area contributed by atoms with Gasteiger partial charge in [-0.2, -0.15) is 26.3 Å². The number of alkyl carbamates (subject to hydrolysis) is 1. The third-order valence-electron chi connectivity index (χ3n) is 5.97. The Labute approximate surface area is 220 Å². The smallest absolute Gasteiger partial charge is 0.416 e. The van der Waals surface area contributed by atoms with Gasteiger partial charge in [0.15, 0.2) is 0 Å². The van der Waals surface area contributed by atoms with Crippen molar-refractivity contribution in [3.63, 3.8) is 0 Å². The van der Waals surface area contributed by atoms with Crippen LogP contribution in [0.1, 0.15) is 47.3 Å². The van der Waals surface area contributed by atoms with Crippen molar-refractivity contribution in [3.05, 3.63) is 107 Å². The second kappa shape index (κ2) is 12.3. The normalized spacial score (nSPS) is 14.2. The highest BCUT2D eigenvalue weighted by molar-refractivity contribution is 5.70. The Bertz CT molecular complexity index is 1220. The molecule has 2 atom stereocenters. The zero-order chi connectivity index (χ0) is 28.7. The first-order valence-electron chi connectivity index (χ1n) is 11.7. The van der Waals surface area contributed by atoms with Crippen LogP contribution in [0, 0.1) is 0 Å². The van der Waals surface area contributed by atoms with Crippen molar-refractivity contribution in [1.29, 1.82) is 0 Å². The molecule has 3 aromatic rings. The Kier molecular flexibility index (Phi) is 9.39. The minimum Gasteiger partial charge on any atom is -0.445 e. The number of ether oxygens (including phenoxy) is 2. The van der Waals surface area contributed by atoms with E-state index in [1.807, 2.05) is 0 Å². The third kappa shape index (κ3) is 8.06. The third-order valence-corrected chi connectivity index (χ3v) is 5.97. The van der Waals surface area contributed by atoms with Crippen molar-refractivity contribution in [2.24, 2.45) is 0 Å². The molecule has 0 unspecified atom stereocenters. The first-order valence-corrected chi connectivity index (χ1v) is 11.7. The van der Waals surface area contributed by atoms with Gasteiger partial charge < -0.3 is 19.6 Å². The van der Waals surface area contributed by atoms with Gasteiger partial charge in [-0.15, -0.1) is 0 Å². The molecule has 0 radical (unpaired) electrons. The second-order valence-electron chi connectivity index (χ2n) is 8.80. The summed E-state index contributed by atoms with van der Waals surface area (Å²) in [6.07, 6.45) is -12.0. The van der Waals surface area contributed by atoms with E-state index in [9.17, 15) is 35.9 Å². The molecule has 3 aromatic carbocycles. The van der Waals surface area contributed by atoms with Crippen LogP contribution in [0.15, 0.2) is 78.9 Å². The van der Waals surface area contributed by atoms with Crippen LogP contribution in [0.25, 0.3) is 0 Å². The van der Waals surface area contributed by atoms with Crippen molar-refractivity contribution in [3.8, 4) is 0 Å². The molecule has 1 amide bonds. The van der Waals surface area contributed by atoms with E-state index in [0.717, 1.165) is 0 Å². The number of rotatable bonds is 10. The second-order valence-corrected chi connectivity index (χ2v) is 8.80. The Hall–Kier alpha value is -3.86. The molecular formula is C28H25F6NO4. The van der Waals surface area contributed by atoms with Gasteiger partial charge in [-0.3, -0.25) is 0 Å². The number of carbonyl (C=O) groups is 2. The maximum Gasteiger partial charge on any atom is 0.416 e. The molecule has 0 saturated carbocycles. The van der Waals surface area contributed by atoms with Crippen molar-refractivity contribution in [2.75, 3.05) is 6.61 Å². The zero-order valence-corrected chi connectivity index (χ0v) is 20.7. The van der Waals surface area contributed by atoms with E-state index in [2.05, 4.69) is 5.32 Å². The monoisotopic (exact) mass is 553 g/mol. The fraction of sp³-hybridized carbons (Fsp3) is 0.286. The molecule has 0 heterocycles. The van der Waals surface area contributed by atoms with E-state index in [1.54, 1.807) is 60.7 Å². The van der Waals surface area contributed by atoms with Gasteiger partial charge in [-0.25, -0.2) is 4.79 Å². The topological polar surface area (TPSA) is 64.6 Å². The first-order chi connectivity index (χ1) is 18.3. The molecule has 208 valence electrons. The van der Waals surface area contributed by atoms with E-state index in [4.69, 9.17) is 9.47 Å². The van der Waals surface area contributed by atoms with Crippen LogP contribution < -0.4 is 5.32 Å². The summed E-state index contributed by atoms with van der Waals surface area (Å²) < 4.78 is 91.0. The number of alkyl halides is 6. The predicted octanol–water partition coefficient (Wildman–Crippen LogP) is 7.21. The summed E-state index contributed by atoms with van der Waals surface area (Å²) in [5, 5.41) is 2.62. The van der Waals surface area contributed by atoms with Gasteiger partial charge in [0, 0.05) is 6.42 Å². The molecule has 1 N–H and O–H groups in total. The summed E-state index contributed by atoms with van der Waals surface area (Å²) in [6, 6.07) is 18.1.